The van der Waals surface area contributed by atoms with Crippen molar-refractivity contribution >= 4 is 56.1 Å². The maximum atomic E-state index is 4.27. The summed E-state index contributed by atoms with van der Waals surface area (Å²) in [4.78, 5) is 0. The smallest absolute Gasteiger partial charge is 0.114 e. The van der Waals surface area contributed by atoms with Crippen molar-refractivity contribution in [2.24, 2.45) is 0 Å². The first-order valence-electron chi connectivity index (χ1n) is 9.48. The van der Waals surface area contributed by atoms with Crippen molar-refractivity contribution in [1.82, 2.24) is 0 Å². The second kappa shape index (κ2) is 9.39. The van der Waals surface area contributed by atoms with Crippen molar-refractivity contribution in [3.63, 3.8) is 0 Å². The molecule has 0 saturated carbocycles. The molecule has 0 heterocycles. The molecular weight excluding hydrogens is 503 g/mol. The fourth-order valence-corrected chi connectivity index (χ4v) is 10.9. The fraction of sp³-hybridized carbons (Fsp3) is 0.0769. The molecule has 1 unspecified atom stereocenters. The van der Waals surface area contributed by atoms with E-state index in [2.05, 4.69) is 144 Å². The minimum Gasteiger partial charge on any atom is -0.114 e. The summed E-state index contributed by atoms with van der Waals surface area (Å²) < 4.78 is -0.259. The van der Waals surface area contributed by atoms with Gasteiger partial charge < -0.3 is 0 Å². The monoisotopic (exact) mass is 525 g/mol. The highest BCUT2D eigenvalue weighted by Gasteiger charge is 2.59. The quantitative estimate of drug-likeness (QED) is 0.197. The minimum absolute atomic E-state index is 0. The van der Waals surface area contributed by atoms with Gasteiger partial charge in [0.25, 0.3) is 0 Å². The van der Waals surface area contributed by atoms with Gasteiger partial charge in [0.05, 0.1) is 0 Å². The Hall–Kier alpha value is -1.73. The molecule has 0 amide bonds. The Balaban J connectivity index is 0.00000240. The number of alkyl halides is 1. The van der Waals surface area contributed by atoms with Gasteiger partial charge in [-0.25, -0.2) is 0 Å². The van der Waals surface area contributed by atoms with Gasteiger partial charge in [-0.3, -0.25) is 0 Å². The first-order valence-corrected chi connectivity index (χ1v) is 12.1. The average molecular weight is 527 g/mol. The van der Waals surface area contributed by atoms with Crippen LogP contribution in [0.2, 0.25) is 0 Å². The molecule has 0 radical (unpaired) electrons. The van der Waals surface area contributed by atoms with Crippen LogP contribution < -0.4 is 15.9 Å². The molecule has 3 heteroatoms. The molecule has 0 N–H and O–H groups in total. The maximum Gasteiger partial charge on any atom is 0.169 e. The van der Waals surface area contributed by atoms with E-state index in [4.69, 9.17) is 0 Å². The van der Waals surface area contributed by atoms with E-state index in [-0.39, 0.29) is 21.0 Å². The van der Waals surface area contributed by atoms with Gasteiger partial charge in [-0.1, -0.05) is 84.9 Å². The standard InChI is InChI=1S/C26H23BrP.BrH/c1-26(27,22-14-6-2-7-15-22)28(23-16-8-3-9-17-23,24-18-10-4-11-19-24)25-20-12-5-13-21-25;/h2-21H,1H3;1H/q+1;. The SMILES string of the molecule is Br.CC(Br)(c1ccccc1)[P+](c1ccccc1)(c1ccccc1)c1ccccc1. The number of rotatable bonds is 5. The molecule has 0 spiro atoms. The summed E-state index contributed by atoms with van der Waals surface area (Å²) in [6.45, 7) is 2.34. The summed E-state index contributed by atoms with van der Waals surface area (Å²) in [5, 5.41) is 4.11. The molecule has 4 aromatic carbocycles. The zero-order valence-corrected chi connectivity index (χ0v) is 20.5. The molecule has 0 aliphatic heterocycles. The molecule has 0 aliphatic rings. The summed E-state index contributed by atoms with van der Waals surface area (Å²) in [6.07, 6.45) is 0. The summed E-state index contributed by atoms with van der Waals surface area (Å²) >= 11 is 4.27. The lowest BCUT2D eigenvalue weighted by atomic mass is 10.2. The molecule has 4 aromatic rings. The van der Waals surface area contributed by atoms with Crippen LogP contribution in [0.1, 0.15) is 12.5 Å². The Morgan fingerprint density at radius 1 is 0.517 bits per heavy atom. The van der Waals surface area contributed by atoms with Crippen molar-refractivity contribution in [3.8, 4) is 0 Å². The Morgan fingerprint density at radius 3 is 1.10 bits per heavy atom. The lowest BCUT2D eigenvalue weighted by Gasteiger charge is -2.39. The fourth-order valence-electron chi connectivity index (χ4n) is 4.07. The van der Waals surface area contributed by atoms with E-state index in [0.29, 0.717) is 0 Å². The number of hydrogen-bond donors (Lipinski definition) is 0. The molecule has 0 aliphatic carbocycles. The molecule has 0 nitrogen and oxygen atoms in total. The third kappa shape index (κ3) is 3.87. The van der Waals surface area contributed by atoms with E-state index >= 15 is 0 Å². The van der Waals surface area contributed by atoms with Gasteiger partial charge in [-0.05, 0) is 59.3 Å². The van der Waals surface area contributed by atoms with Crippen molar-refractivity contribution in [2.45, 2.75) is 11.0 Å². The molecule has 29 heavy (non-hydrogen) atoms. The highest BCUT2D eigenvalue weighted by Crippen LogP contribution is 2.72. The Labute approximate surface area is 193 Å². The number of hydrogen-bond acceptors (Lipinski definition) is 0. The predicted octanol–water partition coefficient (Wildman–Crippen LogP) is 6.83. The van der Waals surface area contributed by atoms with Crippen LogP contribution in [0.5, 0.6) is 0 Å². The summed E-state index contributed by atoms with van der Waals surface area (Å²) in [5.74, 6) is 0. The number of benzene rings is 4. The van der Waals surface area contributed by atoms with Gasteiger partial charge in [-0.2, -0.15) is 0 Å². The molecular formula is C26H24Br2P+. The predicted molar refractivity (Wildman–Crippen MR) is 138 cm³/mol. The Morgan fingerprint density at radius 2 is 0.793 bits per heavy atom. The Bertz CT molecular complexity index is 921. The lowest BCUT2D eigenvalue weighted by Crippen LogP contribution is -2.41. The van der Waals surface area contributed by atoms with Crippen molar-refractivity contribution in [2.75, 3.05) is 0 Å². The highest BCUT2D eigenvalue weighted by atomic mass is 79.9. The summed E-state index contributed by atoms with van der Waals surface area (Å²) in [7, 11) is -2.06. The van der Waals surface area contributed by atoms with Gasteiger partial charge in [0.2, 0.25) is 0 Å². The molecule has 4 rings (SSSR count). The van der Waals surface area contributed by atoms with Crippen LogP contribution in [0.15, 0.2) is 121 Å². The van der Waals surface area contributed by atoms with Gasteiger partial charge >= 0.3 is 0 Å². The van der Waals surface area contributed by atoms with Crippen molar-refractivity contribution < 1.29 is 0 Å². The highest BCUT2D eigenvalue weighted by molar-refractivity contribution is 9.11. The van der Waals surface area contributed by atoms with Crippen molar-refractivity contribution in [3.05, 3.63) is 127 Å². The van der Waals surface area contributed by atoms with Crippen LogP contribution in [0.25, 0.3) is 0 Å². The molecule has 0 saturated heterocycles. The van der Waals surface area contributed by atoms with E-state index in [1.807, 2.05) is 0 Å². The first kappa shape index (κ1) is 22.0. The van der Waals surface area contributed by atoms with Crippen LogP contribution in [0, 0.1) is 0 Å². The molecule has 1 atom stereocenters. The van der Waals surface area contributed by atoms with E-state index in [1.165, 1.54) is 21.5 Å². The molecule has 146 valence electrons. The van der Waals surface area contributed by atoms with Crippen LogP contribution in [-0.2, 0) is 4.07 Å². The molecule has 0 aromatic heterocycles. The lowest BCUT2D eigenvalue weighted by molar-refractivity contribution is 1.01. The maximum absolute atomic E-state index is 4.27. The van der Waals surface area contributed by atoms with Crippen molar-refractivity contribution in [1.29, 1.82) is 0 Å². The summed E-state index contributed by atoms with van der Waals surface area (Å²) in [6, 6.07) is 43.8. The van der Waals surface area contributed by atoms with Crippen LogP contribution >= 0.6 is 40.2 Å². The van der Waals surface area contributed by atoms with E-state index in [0.717, 1.165) is 0 Å². The van der Waals surface area contributed by atoms with E-state index < -0.39 is 7.26 Å². The second-order valence-corrected chi connectivity index (χ2v) is 13.0. The van der Waals surface area contributed by atoms with Gasteiger partial charge in [0, 0.05) is 5.56 Å². The largest absolute Gasteiger partial charge is 0.169 e. The van der Waals surface area contributed by atoms with Gasteiger partial charge in [-0.15, -0.1) is 17.0 Å². The Kier molecular flexibility index (Phi) is 7.11. The number of halogens is 2. The van der Waals surface area contributed by atoms with Gasteiger partial charge in [0.15, 0.2) is 4.07 Å². The third-order valence-electron chi connectivity index (χ3n) is 5.36. The first-order chi connectivity index (χ1) is 13.7. The molecule has 0 fully saturated rings. The zero-order valence-electron chi connectivity index (χ0n) is 16.3. The zero-order chi connectivity index (χ0) is 19.5. The average Bonchev–Trinajstić information content (AvgIpc) is 2.77. The topological polar surface area (TPSA) is 0 Å². The second-order valence-electron chi connectivity index (χ2n) is 7.00. The van der Waals surface area contributed by atoms with Gasteiger partial charge in [0.1, 0.15) is 23.2 Å². The summed E-state index contributed by atoms with van der Waals surface area (Å²) in [5.41, 5.74) is 1.29. The minimum atomic E-state index is -2.06. The van der Waals surface area contributed by atoms with E-state index in [9.17, 15) is 0 Å². The normalized spacial score (nSPS) is 13.2. The third-order valence-corrected chi connectivity index (χ3v) is 12.2. The van der Waals surface area contributed by atoms with E-state index in [1.54, 1.807) is 0 Å². The van der Waals surface area contributed by atoms with Crippen LogP contribution in [0.4, 0.5) is 0 Å². The molecule has 0 bridgehead atoms. The van der Waals surface area contributed by atoms with Crippen LogP contribution in [0.3, 0.4) is 0 Å². The van der Waals surface area contributed by atoms with Crippen LogP contribution in [-0.4, -0.2) is 0 Å².